The smallest absolute Gasteiger partial charge is 0.313 e. The first-order chi connectivity index (χ1) is 11.7. The highest BCUT2D eigenvalue weighted by atomic mass is 16.3. The third kappa shape index (κ3) is 5.52. The predicted molar refractivity (Wildman–Crippen MR) is 93.6 cm³/mol. The molecule has 0 aliphatic carbocycles. The van der Waals surface area contributed by atoms with Crippen LogP contribution in [-0.2, 0) is 9.59 Å². The molecule has 0 aliphatic heterocycles. The van der Waals surface area contributed by atoms with E-state index < -0.39 is 11.8 Å². The van der Waals surface area contributed by atoms with Gasteiger partial charge in [-0.1, -0.05) is 48.5 Å². The van der Waals surface area contributed by atoms with Crippen LogP contribution >= 0.6 is 0 Å². The number of para-hydroxylation sites is 1. The van der Waals surface area contributed by atoms with Gasteiger partial charge in [-0.25, -0.2) is 0 Å². The fourth-order valence-corrected chi connectivity index (χ4v) is 2.51. The molecule has 0 aromatic heterocycles. The van der Waals surface area contributed by atoms with Crippen molar-refractivity contribution in [3.8, 4) is 0 Å². The van der Waals surface area contributed by atoms with Crippen molar-refractivity contribution < 1.29 is 14.7 Å². The molecule has 0 heterocycles. The zero-order chi connectivity index (χ0) is 17.2. The number of hydrogen-bond donors (Lipinski definition) is 3. The predicted octanol–water partition coefficient (Wildman–Crippen LogP) is 2.30. The number of aliphatic hydroxyl groups is 1. The Morgan fingerprint density at radius 1 is 0.875 bits per heavy atom. The van der Waals surface area contributed by atoms with Gasteiger partial charge in [0.2, 0.25) is 0 Å². The lowest BCUT2D eigenvalue weighted by molar-refractivity contribution is -0.136. The summed E-state index contributed by atoms with van der Waals surface area (Å²) in [5, 5.41) is 14.4. The van der Waals surface area contributed by atoms with Gasteiger partial charge in [-0.3, -0.25) is 9.59 Å². The molecular weight excluding hydrogens is 304 g/mol. The molecule has 0 saturated carbocycles. The second-order valence-electron chi connectivity index (χ2n) is 5.48. The molecule has 2 aromatic rings. The lowest BCUT2D eigenvalue weighted by Crippen LogP contribution is -2.36. The first-order valence-corrected chi connectivity index (χ1v) is 8.00. The molecule has 1 atom stereocenters. The Balaban J connectivity index is 1.81. The maximum atomic E-state index is 11.9. The zero-order valence-corrected chi connectivity index (χ0v) is 13.4. The first kappa shape index (κ1) is 17.7. The highest BCUT2D eigenvalue weighted by molar-refractivity contribution is 6.39. The van der Waals surface area contributed by atoms with Crippen molar-refractivity contribution in [3.63, 3.8) is 0 Å². The molecule has 3 N–H and O–H groups in total. The lowest BCUT2D eigenvalue weighted by Gasteiger charge is -2.16. The molecule has 2 aromatic carbocycles. The molecule has 0 aliphatic rings. The number of aliphatic hydroxyl groups excluding tert-OH is 1. The van der Waals surface area contributed by atoms with Crippen LogP contribution < -0.4 is 10.6 Å². The molecule has 0 saturated heterocycles. The molecule has 0 spiro atoms. The second-order valence-corrected chi connectivity index (χ2v) is 5.48. The largest absolute Gasteiger partial charge is 0.396 e. The monoisotopic (exact) mass is 326 g/mol. The summed E-state index contributed by atoms with van der Waals surface area (Å²) in [7, 11) is 0. The van der Waals surface area contributed by atoms with Crippen molar-refractivity contribution in [3.05, 3.63) is 66.2 Å². The Labute approximate surface area is 141 Å². The second kappa shape index (κ2) is 9.47. The molecule has 126 valence electrons. The summed E-state index contributed by atoms with van der Waals surface area (Å²) in [5.41, 5.74) is 1.70. The fraction of sp³-hybridized carbons (Fsp3) is 0.263. The van der Waals surface area contributed by atoms with Crippen molar-refractivity contribution in [2.24, 2.45) is 0 Å². The minimum atomic E-state index is -0.681. The van der Waals surface area contributed by atoms with Gasteiger partial charge in [0.15, 0.2) is 0 Å². The van der Waals surface area contributed by atoms with Gasteiger partial charge in [-0.05, 0) is 36.5 Å². The van der Waals surface area contributed by atoms with Crippen molar-refractivity contribution >= 4 is 17.5 Å². The maximum absolute atomic E-state index is 11.9. The topological polar surface area (TPSA) is 78.4 Å². The average molecular weight is 326 g/mol. The first-order valence-electron chi connectivity index (χ1n) is 8.00. The van der Waals surface area contributed by atoms with Gasteiger partial charge in [0.05, 0.1) is 0 Å². The van der Waals surface area contributed by atoms with Crippen LogP contribution in [0.25, 0.3) is 0 Å². The Kier molecular flexibility index (Phi) is 6.98. The Hall–Kier alpha value is -2.66. The highest BCUT2D eigenvalue weighted by Gasteiger charge is 2.15. The standard InChI is InChI=1S/C19H22N2O3/c22-14-12-16(15-7-3-1-4-8-15)11-13-20-18(23)19(24)21-17-9-5-2-6-10-17/h1-10,16,22H,11-14H2,(H,20,23)(H,21,24). The Bertz CT molecular complexity index is 644. The summed E-state index contributed by atoms with van der Waals surface area (Å²) in [4.78, 5) is 23.7. The van der Waals surface area contributed by atoms with E-state index in [9.17, 15) is 14.7 Å². The summed E-state index contributed by atoms with van der Waals surface area (Å²) in [6.45, 7) is 0.461. The minimum absolute atomic E-state index is 0.0853. The molecule has 1 unspecified atom stereocenters. The van der Waals surface area contributed by atoms with E-state index in [4.69, 9.17) is 0 Å². The number of rotatable bonds is 7. The summed E-state index contributed by atoms with van der Waals surface area (Å²) in [5.74, 6) is -1.19. The van der Waals surface area contributed by atoms with Gasteiger partial charge in [-0.15, -0.1) is 0 Å². The maximum Gasteiger partial charge on any atom is 0.313 e. The van der Waals surface area contributed by atoms with E-state index in [0.29, 0.717) is 25.1 Å². The van der Waals surface area contributed by atoms with E-state index in [2.05, 4.69) is 10.6 Å². The number of anilines is 1. The number of amides is 2. The van der Waals surface area contributed by atoms with Crippen LogP contribution in [-0.4, -0.2) is 30.1 Å². The van der Waals surface area contributed by atoms with Crippen LogP contribution in [0.5, 0.6) is 0 Å². The van der Waals surface area contributed by atoms with E-state index in [1.54, 1.807) is 24.3 Å². The lowest BCUT2D eigenvalue weighted by atomic mass is 9.93. The van der Waals surface area contributed by atoms with Crippen LogP contribution in [0.15, 0.2) is 60.7 Å². The van der Waals surface area contributed by atoms with Crippen LogP contribution in [0.4, 0.5) is 5.69 Å². The van der Waals surface area contributed by atoms with E-state index in [0.717, 1.165) is 5.56 Å². The molecule has 2 amide bonds. The molecule has 0 radical (unpaired) electrons. The van der Waals surface area contributed by atoms with Gasteiger partial charge in [-0.2, -0.15) is 0 Å². The van der Waals surface area contributed by atoms with Crippen LogP contribution in [0.3, 0.4) is 0 Å². The molecule has 2 rings (SSSR count). The van der Waals surface area contributed by atoms with Gasteiger partial charge < -0.3 is 15.7 Å². The summed E-state index contributed by atoms with van der Waals surface area (Å²) in [6, 6.07) is 18.7. The van der Waals surface area contributed by atoms with E-state index in [1.807, 2.05) is 36.4 Å². The third-order valence-corrected chi connectivity index (χ3v) is 3.76. The van der Waals surface area contributed by atoms with Gasteiger partial charge in [0, 0.05) is 18.8 Å². The number of hydrogen-bond acceptors (Lipinski definition) is 3. The summed E-state index contributed by atoms with van der Waals surface area (Å²) in [6.07, 6.45) is 1.28. The minimum Gasteiger partial charge on any atom is -0.396 e. The molecule has 0 bridgehead atoms. The molecule has 5 heteroatoms. The quantitative estimate of drug-likeness (QED) is 0.683. The average Bonchev–Trinajstić information content (AvgIpc) is 2.62. The Morgan fingerprint density at radius 2 is 1.50 bits per heavy atom. The fourth-order valence-electron chi connectivity index (χ4n) is 2.51. The number of benzene rings is 2. The number of carbonyl (C=O) groups excluding carboxylic acids is 2. The third-order valence-electron chi connectivity index (χ3n) is 3.76. The van der Waals surface area contributed by atoms with Crippen molar-refractivity contribution in [1.29, 1.82) is 0 Å². The van der Waals surface area contributed by atoms with Crippen molar-refractivity contribution in [2.75, 3.05) is 18.5 Å². The summed E-state index contributed by atoms with van der Waals surface area (Å²) >= 11 is 0. The van der Waals surface area contributed by atoms with E-state index in [-0.39, 0.29) is 12.5 Å². The van der Waals surface area contributed by atoms with Crippen molar-refractivity contribution in [2.45, 2.75) is 18.8 Å². The molecule has 0 fully saturated rings. The zero-order valence-electron chi connectivity index (χ0n) is 13.4. The number of carbonyl (C=O) groups is 2. The molecule has 5 nitrogen and oxygen atoms in total. The van der Waals surface area contributed by atoms with Crippen molar-refractivity contribution in [1.82, 2.24) is 5.32 Å². The van der Waals surface area contributed by atoms with Gasteiger partial charge in [0.1, 0.15) is 0 Å². The summed E-state index contributed by atoms with van der Waals surface area (Å²) < 4.78 is 0. The Morgan fingerprint density at radius 3 is 2.12 bits per heavy atom. The molecular formula is C19H22N2O3. The van der Waals surface area contributed by atoms with Crippen LogP contribution in [0.2, 0.25) is 0 Å². The van der Waals surface area contributed by atoms with E-state index in [1.165, 1.54) is 0 Å². The van der Waals surface area contributed by atoms with Crippen LogP contribution in [0.1, 0.15) is 24.3 Å². The SMILES string of the molecule is O=C(NCCC(CCO)c1ccccc1)C(=O)Nc1ccccc1. The number of nitrogens with one attached hydrogen (secondary N) is 2. The van der Waals surface area contributed by atoms with Gasteiger partial charge in [0.25, 0.3) is 0 Å². The van der Waals surface area contributed by atoms with Gasteiger partial charge >= 0.3 is 11.8 Å². The van der Waals surface area contributed by atoms with Crippen LogP contribution in [0, 0.1) is 0 Å². The molecule has 24 heavy (non-hydrogen) atoms. The van der Waals surface area contributed by atoms with E-state index >= 15 is 0 Å². The highest BCUT2D eigenvalue weighted by Crippen LogP contribution is 2.22. The normalized spacial score (nSPS) is 11.5.